The van der Waals surface area contributed by atoms with Crippen LogP contribution in [0, 0.1) is 0 Å². The summed E-state index contributed by atoms with van der Waals surface area (Å²) in [5.74, 6) is -0.291. The average Bonchev–Trinajstić information content (AvgIpc) is 2.28. The van der Waals surface area contributed by atoms with Crippen molar-refractivity contribution in [3.8, 4) is 0 Å². The van der Waals surface area contributed by atoms with Crippen LogP contribution in [-0.2, 0) is 9.53 Å². The number of carbonyl (C=O) groups excluding carboxylic acids is 2. The second-order valence-corrected chi connectivity index (χ2v) is 4.36. The quantitative estimate of drug-likeness (QED) is 0.850. The van der Waals surface area contributed by atoms with Gasteiger partial charge in [0.15, 0.2) is 5.78 Å². The number of carbonyl (C=O) groups is 2. The Labute approximate surface area is 108 Å². The molecule has 5 heteroatoms. The van der Waals surface area contributed by atoms with Gasteiger partial charge in [-0.05, 0) is 18.2 Å². The van der Waals surface area contributed by atoms with Crippen LogP contribution in [0.3, 0.4) is 0 Å². The van der Waals surface area contributed by atoms with Crippen molar-refractivity contribution >= 4 is 33.3 Å². The summed E-state index contributed by atoms with van der Waals surface area (Å²) in [6.07, 6.45) is 0.398. The molecular weight excluding hydrogens is 286 g/mol. The number of methoxy groups -OCH3 is 1. The van der Waals surface area contributed by atoms with Crippen molar-refractivity contribution in [1.29, 1.82) is 0 Å². The van der Waals surface area contributed by atoms with Crippen molar-refractivity contribution < 1.29 is 14.3 Å². The molecule has 1 aromatic rings. The van der Waals surface area contributed by atoms with Crippen molar-refractivity contribution in [2.75, 3.05) is 19.0 Å². The number of amides is 1. The number of nitrogens with one attached hydrogen (secondary N) is 1. The van der Waals surface area contributed by atoms with Gasteiger partial charge in [-0.2, -0.15) is 0 Å². The van der Waals surface area contributed by atoms with E-state index in [1.54, 1.807) is 25.1 Å². The van der Waals surface area contributed by atoms with Gasteiger partial charge in [0, 0.05) is 23.6 Å². The van der Waals surface area contributed by atoms with Crippen molar-refractivity contribution in [3.63, 3.8) is 0 Å². The molecule has 1 aromatic carbocycles. The fourth-order valence-corrected chi connectivity index (χ4v) is 1.73. The summed E-state index contributed by atoms with van der Waals surface area (Å²) in [5.41, 5.74) is 1.02. The number of Topliss-reactive ketones (excluding diaryl/α,β-unsaturated/α-hetero) is 1. The average molecular weight is 300 g/mol. The summed E-state index contributed by atoms with van der Waals surface area (Å²) < 4.78 is 5.53. The topological polar surface area (TPSA) is 55.4 Å². The van der Waals surface area contributed by atoms with Crippen LogP contribution < -0.4 is 5.32 Å². The smallest absolute Gasteiger partial charge is 0.250 e. The summed E-state index contributed by atoms with van der Waals surface area (Å²) in [6.45, 7) is 1.75. The largest absolute Gasteiger partial charge is 0.375 e. The zero-order valence-corrected chi connectivity index (χ0v) is 11.3. The lowest BCUT2D eigenvalue weighted by molar-refractivity contribution is -0.119. The van der Waals surface area contributed by atoms with Gasteiger partial charge in [0.1, 0.15) is 6.61 Å². The molecule has 1 rings (SSSR count). The number of hydrogen-bond donors (Lipinski definition) is 1. The molecular formula is C12H14BrNO3. The van der Waals surface area contributed by atoms with E-state index in [4.69, 9.17) is 4.74 Å². The predicted molar refractivity (Wildman–Crippen MR) is 69.3 cm³/mol. The van der Waals surface area contributed by atoms with Crippen molar-refractivity contribution in [2.24, 2.45) is 0 Å². The Morgan fingerprint density at radius 2 is 2.12 bits per heavy atom. The first-order valence-electron chi connectivity index (χ1n) is 5.20. The minimum absolute atomic E-state index is 0.00906. The first-order valence-corrected chi connectivity index (χ1v) is 5.99. The summed E-state index contributed by atoms with van der Waals surface area (Å²) in [6, 6.07) is 5.17. The molecule has 0 saturated heterocycles. The van der Waals surface area contributed by atoms with Crippen molar-refractivity contribution in [3.05, 3.63) is 28.2 Å². The molecule has 0 spiro atoms. The van der Waals surface area contributed by atoms with E-state index in [0.29, 0.717) is 17.7 Å². The van der Waals surface area contributed by atoms with E-state index in [9.17, 15) is 9.59 Å². The Morgan fingerprint density at radius 1 is 1.41 bits per heavy atom. The summed E-state index contributed by atoms with van der Waals surface area (Å²) in [5, 5.41) is 2.65. The third-order valence-corrected chi connectivity index (χ3v) is 2.65. The maximum Gasteiger partial charge on any atom is 0.250 e. The van der Waals surface area contributed by atoms with E-state index in [0.717, 1.165) is 4.47 Å². The molecule has 0 unspecified atom stereocenters. The summed E-state index contributed by atoms with van der Waals surface area (Å²) in [7, 11) is 1.44. The molecule has 0 aliphatic carbocycles. The molecule has 1 N–H and O–H groups in total. The lowest BCUT2D eigenvalue weighted by atomic mass is 10.1. The van der Waals surface area contributed by atoms with Crippen LogP contribution in [0.1, 0.15) is 23.7 Å². The molecule has 0 heterocycles. The van der Waals surface area contributed by atoms with Gasteiger partial charge in [-0.3, -0.25) is 9.59 Å². The molecule has 1 amide bonds. The molecule has 92 valence electrons. The third kappa shape index (κ3) is 3.94. The van der Waals surface area contributed by atoms with Crippen LogP contribution in [0.4, 0.5) is 5.69 Å². The molecule has 4 nitrogen and oxygen atoms in total. The number of ketones is 1. The second kappa shape index (κ2) is 6.51. The molecule has 0 aliphatic heterocycles. The molecule has 0 fully saturated rings. The third-order valence-electron chi connectivity index (χ3n) is 2.15. The van der Waals surface area contributed by atoms with Gasteiger partial charge in [-0.25, -0.2) is 0 Å². The van der Waals surface area contributed by atoms with E-state index in [2.05, 4.69) is 21.2 Å². The lowest BCUT2D eigenvalue weighted by Gasteiger charge is -2.10. The Morgan fingerprint density at radius 3 is 2.71 bits per heavy atom. The molecule has 17 heavy (non-hydrogen) atoms. The molecule has 0 bridgehead atoms. The van der Waals surface area contributed by atoms with E-state index in [1.165, 1.54) is 7.11 Å². The van der Waals surface area contributed by atoms with Crippen LogP contribution in [-0.4, -0.2) is 25.4 Å². The van der Waals surface area contributed by atoms with Gasteiger partial charge in [-0.1, -0.05) is 22.9 Å². The van der Waals surface area contributed by atoms with Gasteiger partial charge in [-0.15, -0.1) is 0 Å². The van der Waals surface area contributed by atoms with Crippen LogP contribution in [0.25, 0.3) is 0 Å². The van der Waals surface area contributed by atoms with Gasteiger partial charge >= 0.3 is 0 Å². The number of benzene rings is 1. The van der Waals surface area contributed by atoms with E-state index >= 15 is 0 Å². The summed E-state index contributed by atoms with van der Waals surface area (Å²) in [4.78, 5) is 23.1. The maximum atomic E-state index is 11.7. The Hall–Kier alpha value is -1.20. The highest BCUT2D eigenvalue weighted by atomic mass is 79.9. The number of halogens is 1. The highest BCUT2D eigenvalue weighted by Gasteiger charge is 2.12. The lowest BCUT2D eigenvalue weighted by Crippen LogP contribution is -2.19. The normalized spacial score (nSPS) is 10.1. The van der Waals surface area contributed by atoms with Crippen molar-refractivity contribution in [1.82, 2.24) is 0 Å². The zero-order valence-electron chi connectivity index (χ0n) is 9.75. The minimum atomic E-state index is -0.282. The van der Waals surface area contributed by atoms with Gasteiger partial charge in [0.25, 0.3) is 0 Å². The molecule has 0 atom stereocenters. The van der Waals surface area contributed by atoms with Gasteiger partial charge < -0.3 is 10.1 Å². The van der Waals surface area contributed by atoms with E-state index < -0.39 is 0 Å². The number of hydrogen-bond acceptors (Lipinski definition) is 3. The van der Waals surface area contributed by atoms with Gasteiger partial charge in [0.2, 0.25) is 5.91 Å². The van der Waals surface area contributed by atoms with Crippen LogP contribution in [0.15, 0.2) is 22.7 Å². The highest BCUT2D eigenvalue weighted by molar-refractivity contribution is 9.10. The zero-order chi connectivity index (χ0) is 12.8. The first-order chi connectivity index (χ1) is 8.08. The van der Waals surface area contributed by atoms with Crippen molar-refractivity contribution in [2.45, 2.75) is 13.3 Å². The number of anilines is 1. The van der Waals surface area contributed by atoms with E-state index in [-0.39, 0.29) is 18.3 Å². The fourth-order valence-electron chi connectivity index (χ4n) is 1.37. The van der Waals surface area contributed by atoms with Crippen LogP contribution in [0.2, 0.25) is 0 Å². The van der Waals surface area contributed by atoms with E-state index in [1.807, 2.05) is 0 Å². The molecule has 0 aliphatic rings. The Bertz CT molecular complexity index is 432. The monoisotopic (exact) mass is 299 g/mol. The molecule has 0 aromatic heterocycles. The second-order valence-electron chi connectivity index (χ2n) is 3.45. The summed E-state index contributed by atoms with van der Waals surface area (Å²) >= 11 is 3.30. The predicted octanol–water partition coefficient (Wildman–Crippen LogP) is 2.63. The van der Waals surface area contributed by atoms with Crippen LogP contribution >= 0.6 is 15.9 Å². The maximum absolute atomic E-state index is 11.7. The van der Waals surface area contributed by atoms with Crippen LogP contribution in [0.5, 0.6) is 0 Å². The first kappa shape index (κ1) is 13.9. The number of rotatable bonds is 5. The Balaban J connectivity index is 2.99. The Kier molecular flexibility index (Phi) is 5.31. The molecule has 0 radical (unpaired) electrons. The minimum Gasteiger partial charge on any atom is -0.375 e. The fraction of sp³-hybridized carbons (Fsp3) is 0.333. The molecule has 0 saturated carbocycles. The standard InChI is InChI=1S/C12H14BrNO3/c1-3-11(15)9-5-4-8(13)6-10(9)14-12(16)7-17-2/h4-6H,3,7H2,1-2H3,(H,14,16). The SMILES string of the molecule is CCC(=O)c1ccc(Br)cc1NC(=O)COC. The van der Waals surface area contributed by atoms with Gasteiger partial charge in [0.05, 0.1) is 5.69 Å². The highest BCUT2D eigenvalue weighted by Crippen LogP contribution is 2.22. The number of ether oxygens (including phenoxy) is 1.